The summed E-state index contributed by atoms with van der Waals surface area (Å²) in [4.78, 5) is 19.2. The summed E-state index contributed by atoms with van der Waals surface area (Å²) >= 11 is 1.56. The van der Waals surface area contributed by atoms with Gasteiger partial charge in [0.1, 0.15) is 5.01 Å². The highest BCUT2D eigenvalue weighted by Crippen LogP contribution is 2.30. The number of thiazole rings is 1. The Labute approximate surface area is 113 Å². The average Bonchev–Trinajstić information content (AvgIpc) is 2.82. The van der Waals surface area contributed by atoms with Gasteiger partial charge in [-0.2, -0.15) is 0 Å². The van der Waals surface area contributed by atoms with Crippen LogP contribution in [-0.4, -0.2) is 21.0 Å². The molecule has 0 atom stereocenters. The number of rotatable bonds is 3. The quantitative estimate of drug-likeness (QED) is 0.794. The second-order valence-electron chi connectivity index (χ2n) is 4.13. The van der Waals surface area contributed by atoms with E-state index < -0.39 is 5.97 Å². The highest BCUT2D eigenvalue weighted by atomic mass is 32.1. The Hall–Kier alpha value is -2.27. The monoisotopic (exact) mass is 270 g/mol. The van der Waals surface area contributed by atoms with Crippen LogP contribution in [0.4, 0.5) is 0 Å². The SMILES string of the molecule is O=C(O)Cc1ccc2nc(-c3ccncc3)sc2c1. The second kappa shape index (κ2) is 4.78. The first-order valence-electron chi connectivity index (χ1n) is 5.74. The molecule has 4 nitrogen and oxygen atoms in total. The minimum atomic E-state index is -0.821. The second-order valence-corrected chi connectivity index (χ2v) is 5.16. The molecule has 0 unspecified atom stereocenters. The zero-order chi connectivity index (χ0) is 13.2. The molecular weight excluding hydrogens is 260 g/mol. The molecule has 0 fully saturated rings. The van der Waals surface area contributed by atoms with Gasteiger partial charge in [-0.25, -0.2) is 4.98 Å². The average molecular weight is 270 g/mol. The molecule has 0 aliphatic rings. The number of carboxylic acids is 1. The van der Waals surface area contributed by atoms with Crippen LogP contribution < -0.4 is 0 Å². The van der Waals surface area contributed by atoms with Gasteiger partial charge in [0, 0.05) is 18.0 Å². The lowest BCUT2D eigenvalue weighted by molar-refractivity contribution is -0.136. The molecule has 0 aliphatic carbocycles. The van der Waals surface area contributed by atoms with Crippen molar-refractivity contribution >= 4 is 27.5 Å². The lowest BCUT2D eigenvalue weighted by Crippen LogP contribution is -1.99. The number of aliphatic carboxylic acids is 1. The van der Waals surface area contributed by atoms with Crippen LogP contribution in [0.3, 0.4) is 0 Å². The summed E-state index contributed by atoms with van der Waals surface area (Å²) in [6.07, 6.45) is 3.51. The Morgan fingerprint density at radius 2 is 2.00 bits per heavy atom. The van der Waals surface area contributed by atoms with E-state index in [-0.39, 0.29) is 6.42 Å². The minimum absolute atomic E-state index is 0.0401. The third-order valence-corrected chi connectivity index (χ3v) is 3.80. The topological polar surface area (TPSA) is 63.1 Å². The summed E-state index contributed by atoms with van der Waals surface area (Å²) in [5.74, 6) is -0.821. The molecule has 19 heavy (non-hydrogen) atoms. The molecule has 5 heteroatoms. The molecule has 0 bridgehead atoms. The van der Waals surface area contributed by atoms with E-state index in [0.29, 0.717) is 0 Å². The maximum Gasteiger partial charge on any atom is 0.307 e. The molecular formula is C14H10N2O2S. The van der Waals surface area contributed by atoms with E-state index in [0.717, 1.165) is 26.4 Å². The molecule has 0 spiro atoms. The van der Waals surface area contributed by atoms with Gasteiger partial charge < -0.3 is 5.11 Å². The number of carboxylic acid groups (broad SMARTS) is 1. The molecule has 2 heterocycles. The van der Waals surface area contributed by atoms with Crippen molar-refractivity contribution in [1.82, 2.24) is 9.97 Å². The number of hydrogen-bond acceptors (Lipinski definition) is 4. The fourth-order valence-corrected chi connectivity index (χ4v) is 2.91. The Balaban J connectivity index is 2.04. The highest BCUT2D eigenvalue weighted by Gasteiger charge is 2.08. The molecule has 0 radical (unpaired) electrons. The molecule has 0 saturated carbocycles. The van der Waals surface area contributed by atoms with E-state index >= 15 is 0 Å². The molecule has 1 aromatic carbocycles. The van der Waals surface area contributed by atoms with Gasteiger partial charge in [-0.15, -0.1) is 11.3 Å². The number of aromatic nitrogens is 2. The van der Waals surface area contributed by atoms with Crippen LogP contribution >= 0.6 is 11.3 Å². The zero-order valence-electron chi connectivity index (χ0n) is 9.91. The van der Waals surface area contributed by atoms with Crippen molar-refractivity contribution < 1.29 is 9.90 Å². The van der Waals surface area contributed by atoms with Gasteiger partial charge in [-0.05, 0) is 29.8 Å². The van der Waals surface area contributed by atoms with Gasteiger partial charge in [0.2, 0.25) is 0 Å². The number of hydrogen-bond donors (Lipinski definition) is 1. The number of fused-ring (bicyclic) bond motifs is 1. The molecule has 2 aromatic heterocycles. The first-order chi connectivity index (χ1) is 9.22. The fourth-order valence-electron chi connectivity index (χ4n) is 1.87. The Kier molecular flexibility index (Phi) is 2.97. The van der Waals surface area contributed by atoms with Crippen LogP contribution in [0.1, 0.15) is 5.56 Å². The van der Waals surface area contributed by atoms with Crippen LogP contribution in [0.15, 0.2) is 42.7 Å². The highest BCUT2D eigenvalue weighted by molar-refractivity contribution is 7.21. The Morgan fingerprint density at radius 1 is 1.21 bits per heavy atom. The van der Waals surface area contributed by atoms with Crippen LogP contribution in [0.25, 0.3) is 20.8 Å². The number of pyridine rings is 1. The molecule has 3 aromatic rings. The molecule has 0 amide bonds. The standard InChI is InChI=1S/C14H10N2O2S/c17-13(18)8-9-1-2-11-12(7-9)19-14(16-11)10-3-5-15-6-4-10/h1-7H,8H2,(H,17,18). The summed E-state index contributed by atoms with van der Waals surface area (Å²) in [5.41, 5.74) is 2.71. The van der Waals surface area contributed by atoms with Crippen molar-refractivity contribution in [2.75, 3.05) is 0 Å². The Bertz CT molecular complexity index is 738. The normalized spacial score (nSPS) is 10.7. The van der Waals surface area contributed by atoms with E-state index in [1.807, 2.05) is 30.3 Å². The predicted octanol–water partition coefficient (Wildman–Crippen LogP) is 2.99. The lowest BCUT2D eigenvalue weighted by Gasteiger charge is -1.95. The van der Waals surface area contributed by atoms with E-state index in [1.54, 1.807) is 23.7 Å². The van der Waals surface area contributed by atoms with E-state index in [9.17, 15) is 4.79 Å². The molecule has 94 valence electrons. The zero-order valence-corrected chi connectivity index (χ0v) is 10.7. The van der Waals surface area contributed by atoms with E-state index in [2.05, 4.69) is 9.97 Å². The van der Waals surface area contributed by atoms with Gasteiger partial charge in [-0.1, -0.05) is 6.07 Å². The van der Waals surface area contributed by atoms with Crippen molar-refractivity contribution in [3.63, 3.8) is 0 Å². The van der Waals surface area contributed by atoms with Crippen molar-refractivity contribution in [2.45, 2.75) is 6.42 Å². The van der Waals surface area contributed by atoms with Crippen LogP contribution in [0.5, 0.6) is 0 Å². The Morgan fingerprint density at radius 3 is 2.74 bits per heavy atom. The minimum Gasteiger partial charge on any atom is -0.481 e. The maximum absolute atomic E-state index is 10.7. The van der Waals surface area contributed by atoms with Gasteiger partial charge in [0.05, 0.1) is 16.6 Å². The van der Waals surface area contributed by atoms with Gasteiger partial charge >= 0.3 is 5.97 Å². The predicted molar refractivity (Wildman–Crippen MR) is 74.2 cm³/mol. The largest absolute Gasteiger partial charge is 0.481 e. The van der Waals surface area contributed by atoms with E-state index in [1.165, 1.54) is 0 Å². The van der Waals surface area contributed by atoms with Gasteiger partial charge in [-0.3, -0.25) is 9.78 Å². The van der Waals surface area contributed by atoms with Gasteiger partial charge in [0.15, 0.2) is 0 Å². The lowest BCUT2D eigenvalue weighted by atomic mass is 10.1. The fraction of sp³-hybridized carbons (Fsp3) is 0.0714. The summed E-state index contributed by atoms with van der Waals surface area (Å²) < 4.78 is 1.01. The summed E-state index contributed by atoms with van der Waals surface area (Å²) in [6, 6.07) is 9.40. The third-order valence-electron chi connectivity index (χ3n) is 2.74. The maximum atomic E-state index is 10.7. The van der Waals surface area contributed by atoms with E-state index in [4.69, 9.17) is 5.11 Å². The molecule has 3 rings (SSSR count). The van der Waals surface area contributed by atoms with Crippen molar-refractivity contribution in [2.24, 2.45) is 0 Å². The van der Waals surface area contributed by atoms with Crippen molar-refractivity contribution in [3.8, 4) is 10.6 Å². The van der Waals surface area contributed by atoms with Crippen molar-refractivity contribution in [3.05, 3.63) is 48.3 Å². The first kappa shape index (κ1) is 11.8. The molecule has 0 aliphatic heterocycles. The van der Waals surface area contributed by atoms with Gasteiger partial charge in [0.25, 0.3) is 0 Å². The van der Waals surface area contributed by atoms with Crippen molar-refractivity contribution in [1.29, 1.82) is 0 Å². The van der Waals surface area contributed by atoms with Crippen LogP contribution in [0, 0.1) is 0 Å². The smallest absolute Gasteiger partial charge is 0.307 e. The summed E-state index contributed by atoms with van der Waals surface area (Å²) in [5, 5.41) is 9.72. The molecule has 0 saturated heterocycles. The number of nitrogens with zero attached hydrogens (tertiary/aromatic N) is 2. The van der Waals surface area contributed by atoms with Crippen LogP contribution in [-0.2, 0) is 11.2 Å². The number of benzene rings is 1. The van der Waals surface area contributed by atoms with Crippen LogP contribution in [0.2, 0.25) is 0 Å². The number of carbonyl (C=O) groups is 1. The first-order valence-corrected chi connectivity index (χ1v) is 6.56. The summed E-state index contributed by atoms with van der Waals surface area (Å²) in [7, 11) is 0. The molecule has 1 N–H and O–H groups in total. The third kappa shape index (κ3) is 2.46. The summed E-state index contributed by atoms with van der Waals surface area (Å²) in [6.45, 7) is 0.